The van der Waals surface area contributed by atoms with E-state index >= 15 is 0 Å². The summed E-state index contributed by atoms with van der Waals surface area (Å²) in [4.78, 5) is 8.96. The van der Waals surface area contributed by atoms with Crippen LogP contribution in [0.5, 0.6) is 0 Å². The molecule has 31 heavy (non-hydrogen) atoms. The lowest BCUT2D eigenvalue weighted by molar-refractivity contribution is 0.376. The summed E-state index contributed by atoms with van der Waals surface area (Å²) in [6.45, 7) is 0.868. The monoisotopic (exact) mass is 435 g/mol. The summed E-state index contributed by atoms with van der Waals surface area (Å²) < 4.78 is 1.93. The van der Waals surface area contributed by atoms with Gasteiger partial charge < -0.3 is 15.7 Å². The van der Waals surface area contributed by atoms with Crippen molar-refractivity contribution in [3.05, 3.63) is 47.3 Å². The molecular formula is C22H25N7OS. The molecule has 2 aromatic heterocycles. The first-order valence-corrected chi connectivity index (χ1v) is 11.6. The molecule has 1 aliphatic heterocycles. The molecule has 0 amide bonds. The Kier molecular flexibility index (Phi) is 6.39. The minimum Gasteiger partial charge on any atom is -0.386 e. The molecule has 5 rings (SSSR count). The van der Waals surface area contributed by atoms with E-state index in [1.54, 1.807) is 6.20 Å². The minimum atomic E-state index is 0.236. The summed E-state index contributed by atoms with van der Waals surface area (Å²) in [5.41, 5.74) is 5.74. The lowest BCUT2D eigenvalue weighted by atomic mass is 10.0. The van der Waals surface area contributed by atoms with Crippen molar-refractivity contribution in [1.82, 2.24) is 19.7 Å². The van der Waals surface area contributed by atoms with Gasteiger partial charge in [0.2, 0.25) is 5.95 Å². The van der Waals surface area contributed by atoms with Gasteiger partial charge in [-0.1, -0.05) is 0 Å². The number of rotatable bonds is 5. The van der Waals surface area contributed by atoms with Crippen LogP contribution in [0.4, 0.5) is 17.5 Å². The second-order valence-corrected chi connectivity index (χ2v) is 8.34. The van der Waals surface area contributed by atoms with E-state index in [-0.39, 0.29) is 5.94 Å². The Hall–Kier alpha value is -3.09. The molecule has 3 heterocycles. The van der Waals surface area contributed by atoms with Crippen molar-refractivity contribution in [1.29, 1.82) is 5.26 Å². The van der Waals surface area contributed by atoms with Gasteiger partial charge in [-0.2, -0.15) is 10.4 Å². The van der Waals surface area contributed by atoms with Crippen molar-refractivity contribution in [3.8, 4) is 17.3 Å². The first-order chi connectivity index (χ1) is 15.1. The number of anilines is 3. The maximum Gasteiger partial charge on any atom is 0.228 e. The lowest BCUT2D eigenvalue weighted by Gasteiger charge is -2.08. The van der Waals surface area contributed by atoms with E-state index in [1.165, 1.54) is 30.3 Å². The third kappa shape index (κ3) is 4.81. The summed E-state index contributed by atoms with van der Waals surface area (Å²) in [5, 5.41) is 28.3. The van der Waals surface area contributed by atoms with Gasteiger partial charge in [-0.3, -0.25) is 4.68 Å². The Morgan fingerprint density at radius 1 is 1.35 bits per heavy atom. The second kappa shape index (κ2) is 9.37. The highest BCUT2D eigenvalue weighted by Gasteiger charge is 2.27. The summed E-state index contributed by atoms with van der Waals surface area (Å²) in [7, 11) is 1.97. The van der Waals surface area contributed by atoms with Crippen molar-refractivity contribution in [2.75, 3.05) is 29.4 Å². The maximum absolute atomic E-state index is 9.46. The number of benzene rings is 1. The van der Waals surface area contributed by atoms with E-state index in [1.807, 2.05) is 30.1 Å². The van der Waals surface area contributed by atoms with E-state index in [0.717, 1.165) is 41.3 Å². The van der Waals surface area contributed by atoms with Crippen molar-refractivity contribution in [2.24, 2.45) is 7.05 Å². The van der Waals surface area contributed by atoms with Crippen molar-refractivity contribution in [2.45, 2.75) is 25.2 Å². The molecule has 1 aliphatic carbocycles. The Labute approximate surface area is 185 Å². The molecule has 1 saturated carbocycles. The highest BCUT2D eigenvalue weighted by atomic mass is 32.2. The van der Waals surface area contributed by atoms with Crippen LogP contribution in [0, 0.1) is 11.3 Å². The fraction of sp³-hybridized carbons (Fsp3) is 0.364. The van der Waals surface area contributed by atoms with Crippen LogP contribution in [-0.4, -0.2) is 43.6 Å². The van der Waals surface area contributed by atoms with Crippen molar-refractivity contribution in [3.63, 3.8) is 0 Å². The zero-order valence-corrected chi connectivity index (χ0v) is 18.4. The molecule has 0 radical (unpaired) electrons. The lowest BCUT2D eigenvalue weighted by Crippen LogP contribution is -2.00. The number of aliphatic hydroxyl groups excluding tert-OH is 1. The quantitative estimate of drug-likeness (QED) is 0.521. The zero-order chi connectivity index (χ0) is 21.8. The average molecular weight is 436 g/mol. The van der Waals surface area contributed by atoms with Crippen LogP contribution in [0.1, 0.15) is 35.6 Å². The number of nitrogens with one attached hydrogen (secondary N) is 2. The molecule has 160 valence electrons. The van der Waals surface area contributed by atoms with E-state index < -0.39 is 0 Å². The second-order valence-electron chi connectivity index (χ2n) is 7.51. The molecule has 0 unspecified atom stereocenters. The molecule has 2 aliphatic rings. The van der Waals surface area contributed by atoms with Gasteiger partial charge in [0.05, 0.1) is 22.9 Å². The first kappa shape index (κ1) is 21.2. The number of aryl methyl sites for hydroxylation is 1. The van der Waals surface area contributed by atoms with E-state index in [0.29, 0.717) is 17.4 Å². The van der Waals surface area contributed by atoms with Gasteiger partial charge >= 0.3 is 0 Å². The Bertz CT molecular complexity index is 1120. The van der Waals surface area contributed by atoms with Crippen LogP contribution in [0.25, 0.3) is 11.3 Å². The molecule has 0 saturated heterocycles. The first-order valence-electron chi connectivity index (χ1n) is 10.2. The molecule has 3 aromatic rings. The highest BCUT2D eigenvalue weighted by molar-refractivity contribution is 7.98. The number of hydrogen-bond donors (Lipinski definition) is 3. The van der Waals surface area contributed by atoms with Gasteiger partial charge in [0.15, 0.2) is 5.82 Å². The van der Waals surface area contributed by atoms with Crippen LogP contribution >= 0.6 is 11.8 Å². The van der Waals surface area contributed by atoms with Crippen LogP contribution in [0.3, 0.4) is 0 Å². The maximum atomic E-state index is 9.46. The normalized spacial score (nSPS) is 14.1. The average Bonchev–Trinajstić information content (AvgIpc) is 3.41. The van der Waals surface area contributed by atoms with Gasteiger partial charge in [0, 0.05) is 43.0 Å². The third-order valence-corrected chi connectivity index (χ3v) is 5.53. The van der Waals surface area contributed by atoms with Crippen molar-refractivity contribution >= 4 is 29.2 Å². The predicted molar refractivity (Wildman–Crippen MR) is 123 cm³/mol. The molecule has 0 atom stereocenters. The Morgan fingerprint density at radius 2 is 2.16 bits per heavy atom. The number of aromatic nitrogens is 4. The van der Waals surface area contributed by atoms with E-state index in [4.69, 9.17) is 5.11 Å². The summed E-state index contributed by atoms with van der Waals surface area (Å²) in [6.07, 6.45) is 6.97. The Morgan fingerprint density at radius 3 is 2.87 bits per heavy atom. The van der Waals surface area contributed by atoms with Crippen LogP contribution < -0.4 is 10.6 Å². The van der Waals surface area contributed by atoms with E-state index in [9.17, 15) is 5.26 Å². The Balaban J connectivity index is 0.000000535. The van der Waals surface area contributed by atoms with Gasteiger partial charge in [0.25, 0.3) is 0 Å². The SMILES string of the molecule is CSCO.Cn1nc(Nc2nccc(-c3cc(C#N)c4c(c3)CCN4)n2)cc1C1CC1. The molecule has 9 heteroatoms. The smallest absolute Gasteiger partial charge is 0.228 e. The molecule has 0 bridgehead atoms. The molecule has 1 aromatic carbocycles. The van der Waals surface area contributed by atoms with Crippen LogP contribution in [0.15, 0.2) is 30.5 Å². The van der Waals surface area contributed by atoms with Gasteiger partial charge in [-0.15, -0.1) is 11.8 Å². The molecule has 1 fully saturated rings. The van der Waals surface area contributed by atoms with Gasteiger partial charge in [0.1, 0.15) is 6.07 Å². The predicted octanol–water partition coefficient (Wildman–Crippen LogP) is 3.64. The van der Waals surface area contributed by atoms with E-state index in [2.05, 4.69) is 43.9 Å². The molecule has 0 spiro atoms. The van der Waals surface area contributed by atoms with Gasteiger partial charge in [-0.25, -0.2) is 9.97 Å². The summed E-state index contributed by atoms with van der Waals surface area (Å²) >= 11 is 1.41. The largest absolute Gasteiger partial charge is 0.386 e. The number of aliphatic hydroxyl groups is 1. The number of hydrogen-bond acceptors (Lipinski definition) is 8. The summed E-state index contributed by atoms with van der Waals surface area (Å²) in [5.74, 6) is 2.13. The molecule has 8 nitrogen and oxygen atoms in total. The molecule has 3 N–H and O–H groups in total. The molecular weight excluding hydrogens is 410 g/mol. The van der Waals surface area contributed by atoms with Crippen molar-refractivity contribution < 1.29 is 5.11 Å². The number of nitriles is 1. The topological polar surface area (TPSA) is 112 Å². The van der Waals surface area contributed by atoms with Crippen LogP contribution in [0.2, 0.25) is 0 Å². The number of thioether (sulfide) groups is 1. The van der Waals surface area contributed by atoms with Crippen LogP contribution in [-0.2, 0) is 13.5 Å². The van der Waals surface area contributed by atoms with Gasteiger partial charge in [-0.05, 0) is 49.3 Å². The highest BCUT2D eigenvalue weighted by Crippen LogP contribution is 2.40. The summed E-state index contributed by atoms with van der Waals surface area (Å²) in [6, 6.07) is 10.2. The zero-order valence-electron chi connectivity index (χ0n) is 17.6. The fourth-order valence-corrected chi connectivity index (χ4v) is 3.66. The standard InChI is InChI=1S/C20H19N7.C2H6OS/c1-27-17(12-2-3-12)10-18(26-27)25-20-23-7-5-16(24-20)14-8-13-4-6-22-19(13)15(9-14)11-21;1-4-2-3/h5,7-10,12,22H,2-4,6H2,1H3,(H,23,24,25,26);3H,2H2,1H3. The third-order valence-electron chi connectivity index (χ3n) is 5.27. The number of fused-ring (bicyclic) bond motifs is 1. The minimum absolute atomic E-state index is 0.236. The fourth-order valence-electron chi connectivity index (χ4n) is 3.66. The number of nitrogens with zero attached hydrogens (tertiary/aromatic N) is 5.